The highest BCUT2D eigenvalue weighted by atomic mass is 32.2. The minimum Gasteiger partial charge on any atom is -0.318 e. The number of imidazole rings is 1. The summed E-state index contributed by atoms with van der Waals surface area (Å²) in [5, 5.41) is 0.0401. The summed E-state index contributed by atoms with van der Waals surface area (Å²) < 4.78 is 25.0. The van der Waals surface area contributed by atoms with Gasteiger partial charge in [-0.15, -0.1) is 0 Å². The molecule has 2 heterocycles. The zero-order chi connectivity index (χ0) is 13.8. The number of benzene rings is 1. The molecule has 0 aliphatic rings. The summed E-state index contributed by atoms with van der Waals surface area (Å²) in [6, 6.07) is 3.63. The van der Waals surface area contributed by atoms with E-state index >= 15 is 0 Å². The zero-order valence-corrected chi connectivity index (χ0v) is 11.6. The molecule has 0 bridgehead atoms. The van der Waals surface area contributed by atoms with E-state index in [-0.39, 0.29) is 5.16 Å². The summed E-state index contributed by atoms with van der Waals surface area (Å²) in [7, 11) is -1.69. The van der Waals surface area contributed by atoms with E-state index in [9.17, 15) is 8.42 Å². The van der Waals surface area contributed by atoms with Gasteiger partial charge < -0.3 is 4.57 Å². The lowest BCUT2D eigenvalue weighted by atomic mass is 10.2. The zero-order valence-electron chi connectivity index (χ0n) is 10.7. The lowest BCUT2D eigenvalue weighted by Crippen LogP contribution is -2.05. The topological polar surface area (TPSA) is 77.7 Å². The molecular weight excluding hydrogens is 264 g/mol. The lowest BCUT2D eigenvalue weighted by molar-refractivity contribution is 0.587. The van der Waals surface area contributed by atoms with Crippen LogP contribution in [-0.2, 0) is 16.9 Å². The monoisotopic (exact) mass is 276 g/mol. The van der Waals surface area contributed by atoms with Crippen LogP contribution in [0.2, 0.25) is 0 Å². The van der Waals surface area contributed by atoms with Gasteiger partial charge in [0.05, 0.1) is 16.7 Å². The molecule has 19 heavy (non-hydrogen) atoms. The first kappa shape index (κ1) is 12.0. The number of aromatic nitrogens is 4. The molecule has 0 saturated heterocycles. The molecule has 0 unspecified atom stereocenters. The fourth-order valence-corrected chi connectivity index (χ4v) is 2.98. The minimum atomic E-state index is -3.37. The number of sulfone groups is 1. The van der Waals surface area contributed by atoms with Crippen molar-refractivity contribution in [1.29, 1.82) is 0 Å². The third-order valence-corrected chi connectivity index (χ3v) is 4.00. The second kappa shape index (κ2) is 3.74. The predicted molar refractivity (Wildman–Crippen MR) is 71.7 cm³/mol. The van der Waals surface area contributed by atoms with Gasteiger partial charge in [-0.3, -0.25) is 4.98 Å². The van der Waals surface area contributed by atoms with Crippen molar-refractivity contribution in [3.8, 4) is 0 Å². The van der Waals surface area contributed by atoms with Crippen LogP contribution in [0.4, 0.5) is 0 Å². The Balaban J connectivity index is 2.53. The van der Waals surface area contributed by atoms with Gasteiger partial charge in [0.2, 0.25) is 15.0 Å². The van der Waals surface area contributed by atoms with Crippen LogP contribution in [0.25, 0.3) is 22.1 Å². The lowest BCUT2D eigenvalue weighted by Gasteiger charge is -2.00. The average molecular weight is 276 g/mol. The Kier molecular flexibility index (Phi) is 2.37. The highest BCUT2D eigenvalue weighted by molar-refractivity contribution is 7.90. The smallest absolute Gasteiger partial charge is 0.228 e. The highest BCUT2D eigenvalue weighted by Crippen LogP contribution is 2.24. The van der Waals surface area contributed by atoms with Crippen molar-refractivity contribution >= 4 is 31.9 Å². The molecule has 3 aromatic rings. The molecule has 7 heteroatoms. The van der Waals surface area contributed by atoms with Crippen molar-refractivity contribution in [1.82, 2.24) is 19.5 Å². The second-order valence-electron chi connectivity index (χ2n) is 4.54. The first-order chi connectivity index (χ1) is 8.88. The fourth-order valence-electron chi connectivity index (χ4n) is 2.13. The normalized spacial score (nSPS) is 12.4. The van der Waals surface area contributed by atoms with Gasteiger partial charge in [-0.2, -0.15) is 0 Å². The van der Waals surface area contributed by atoms with Crippen molar-refractivity contribution in [2.75, 3.05) is 6.26 Å². The molecule has 0 saturated carbocycles. The molecule has 0 radical (unpaired) electrons. The van der Waals surface area contributed by atoms with Crippen LogP contribution < -0.4 is 0 Å². The minimum absolute atomic E-state index is 0.0401. The van der Waals surface area contributed by atoms with Gasteiger partial charge in [-0.25, -0.2) is 18.4 Å². The van der Waals surface area contributed by atoms with E-state index in [1.807, 2.05) is 19.1 Å². The van der Waals surface area contributed by atoms with Crippen LogP contribution in [0.3, 0.4) is 0 Å². The van der Waals surface area contributed by atoms with Crippen molar-refractivity contribution in [2.45, 2.75) is 12.1 Å². The van der Waals surface area contributed by atoms with Gasteiger partial charge in [0.15, 0.2) is 0 Å². The van der Waals surface area contributed by atoms with Crippen LogP contribution in [-0.4, -0.2) is 34.2 Å². The molecule has 3 rings (SSSR count). The molecule has 98 valence electrons. The molecule has 0 amide bonds. The van der Waals surface area contributed by atoms with Crippen LogP contribution in [0, 0.1) is 6.92 Å². The third kappa shape index (κ3) is 1.77. The maximum absolute atomic E-state index is 11.7. The van der Waals surface area contributed by atoms with Crippen molar-refractivity contribution in [3.05, 3.63) is 24.0 Å². The molecule has 0 aliphatic heterocycles. The molecule has 1 aromatic carbocycles. The second-order valence-corrected chi connectivity index (χ2v) is 6.45. The Morgan fingerprint density at radius 3 is 2.58 bits per heavy atom. The van der Waals surface area contributed by atoms with E-state index in [0.29, 0.717) is 16.6 Å². The molecule has 2 aromatic heterocycles. The summed E-state index contributed by atoms with van der Waals surface area (Å²) in [5.74, 6) is 0. The van der Waals surface area contributed by atoms with Crippen LogP contribution in [0.15, 0.2) is 23.5 Å². The third-order valence-electron chi connectivity index (χ3n) is 2.97. The SMILES string of the molecule is Cc1cnc2ccc3c(nc(S(C)(=O)=O)n3C)c2n1. The first-order valence-electron chi connectivity index (χ1n) is 5.67. The van der Waals surface area contributed by atoms with E-state index in [2.05, 4.69) is 15.0 Å². The molecular formula is C12H12N4O2S. The van der Waals surface area contributed by atoms with Gasteiger partial charge in [-0.1, -0.05) is 0 Å². The number of rotatable bonds is 1. The van der Waals surface area contributed by atoms with Crippen molar-refractivity contribution < 1.29 is 8.42 Å². The molecule has 6 nitrogen and oxygen atoms in total. The summed E-state index contributed by atoms with van der Waals surface area (Å²) in [5.41, 5.74) is 3.40. The largest absolute Gasteiger partial charge is 0.318 e. The fraction of sp³-hybridized carbons (Fsp3) is 0.250. The van der Waals surface area contributed by atoms with E-state index in [1.165, 1.54) is 0 Å². The van der Waals surface area contributed by atoms with E-state index < -0.39 is 9.84 Å². The number of aryl methyl sites for hydroxylation is 2. The Morgan fingerprint density at radius 2 is 1.89 bits per heavy atom. The summed E-state index contributed by atoms with van der Waals surface area (Å²) in [6.45, 7) is 1.84. The van der Waals surface area contributed by atoms with Crippen molar-refractivity contribution in [3.63, 3.8) is 0 Å². The highest BCUT2D eigenvalue weighted by Gasteiger charge is 2.19. The Labute approximate surface area is 110 Å². The molecule has 0 atom stereocenters. The quantitative estimate of drug-likeness (QED) is 0.668. The van der Waals surface area contributed by atoms with Gasteiger partial charge in [-0.05, 0) is 19.1 Å². The average Bonchev–Trinajstić information content (AvgIpc) is 2.67. The van der Waals surface area contributed by atoms with Gasteiger partial charge in [0, 0.05) is 19.5 Å². The van der Waals surface area contributed by atoms with Gasteiger partial charge in [0.25, 0.3) is 0 Å². The summed E-state index contributed by atoms with van der Waals surface area (Å²) in [6.07, 6.45) is 2.82. The number of hydrogen-bond acceptors (Lipinski definition) is 5. The number of fused-ring (bicyclic) bond motifs is 3. The van der Waals surface area contributed by atoms with Gasteiger partial charge in [0.1, 0.15) is 11.0 Å². The van der Waals surface area contributed by atoms with Gasteiger partial charge >= 0.3 is 0 Å². The summed E-state index contributed by atoms with van der Waals surface area (Å²) >= 11 is 0. The Morgan fingerprint density at radius 1 is 1.16 bits per heavy atom. The molecule has 0 aliphatic carbocycles. The molecule has 0 N–H and O–H groups in total. The van der Waals surface area contributed by atoms with Crippen LogP contribution >= 0.6 is 0 Å². The van der Waals surface area contributed by atoms with E-state index in [1.54, 1.807) is 17.8 Å². The number of hydrogen-bond donors (Lipinski definition) is 0. The van der Waals surface area contributed by atoms with E-state index in [4.69, 9.17) is 0 Å². The van der Waals surface area contributed by atoms with E-state index in [0.717, 1.165) is 17.5 Å². The summed E-state index contributed by atoms with van der Waals surface area (Å²) in [4.78, 5) is 12.9. The number of nitrogens with zero attached hydrogens (tertiary/aromatic N) is 4. The maximum Gasteiger partial charge on any atom is 0.228 e. The van der Waals surface area contributed by atoms with Crippen LogP contribution in [0.5, 0.6) is 0 Å². The maximum atomic E-state index is 11.7. The first-order valence-corrected chi connectivity index (χ1v) is 7.56. The Hall–Kier alpha value is -2.02. The standard InChI is InChI=1S/C12H12N4O2S/c1-7-6-13-8-4-5-9-11(10(8)14-7)15-12(16(9)2)19(3,17)18/h4-6H,1-3H3. The predicted octanol–water partition coefficient (Wildman–Crippen LogP) is 1.23. The van der Waals surface area contributed by atoms with Crippen LogP contribution in [0.1, 0.15) is 5.69 Å². The molecule has 0 spiro atoms. The van der Waals surface area contributed by atoms with Crippen molar-refractivity contribution in [2.24, 2.45) is 7.05 Å². The Bertz CT molecular complexity index is 912. The molecule has 0 fully saturated rings.